The molecule has 0 fully saturated rings. The number of aryl methyl sites for hydroxylation is 1. The Balaban J connectivity index is 1.75. The molecule has 0 saturated heterocycles. The van der Waals surface area contributed by atoms with E-state index in [9.17, 15) is 9.59 Å². The van der Waals surface area contributed by atoms with Crippen molar-refractivity contribution >= 4 is 40.9 Å². The van der Waals surface area contributed by atoms with E-state index in [1.54, 1.807) is 35.0 Å². The molecule has 0 aliphatic carbocycles. The van der Waals surface area contributed by atoms with E-state index in [0.717, 1.165) is 16.8 Å². The molecule has 1 aromatic heterocycles. The van der Waals surface area contributed by atoms with Crippen molar-refractivity contribution < 1.29 is 14.3 Å². The van der Waals surface area contributed by atoms with Crippen LogP contribution in [0.2, 0.25) is 5.02 Å². The van der Waals surface area contributed by atoms with E-state index in [1.165, 1.54) is 18.9 Å². The molecule has 0 bridgehead atoms. The zero-order valence-electron chi connectivity index (χ0n) is 16.0. The van der Waals surface area contributed by atoms with Crippen molar-refractivity contribution in [2.75, 3.05) is 18.2 Å². The predicted molar refractivity (Wildman–Crippen MR) is 115 cm³/mol. The summed E-state index contributed by atoms with van der Waals surface area (Å²) in [5.41, 5.74) is 3.53. The standard InChI is InChI=1S/C21H20ClN3O3S/c1-14-3-5-15(6-4-14)18-11-23-21(25(18)12-20(27)28-2)29-13-19(26)24-17-9-7-16(22)8-10-17/h3-11H,12-13H2,1-2H3,(H,24,26). The second kappa shape index (κ2) is 9.62. The van der Waals surface area contributed by atoms with Gasteiger partial charge in [0.25, 0.3) is 0 Å². The number of imidazole rings is 1. The summed E-state index contributed by atoms with van der Waals surface area (Å²) in [6.07, 6.45) is 1.70. The van der Waals surface area contributed by atoms with Crippen LogP contribution in [0.4, 0.5) is 5.69 Å². The van der Waals surface area contributed by atoms with Crippen molar-refractivity contribution in [2.24, 2.45) is 0 Å². The maximum atomic E-state index is 12.3. The van der Waals surface area contributed by atoms with Gasteiger partial charge in [-0.05, 0) is 36.8 Å². The van der Waals surface area contributed by atoms with Crippen molar-refractivity contribution in [2.45, 2.75) is 18.6 Å². The van der Waals surface area contributed by atoms with Crippen LogP contribution in [0.5, 0.6) is 0 Å². The number of carbonyl (C=O) groups is 2. The van der Waals surface area contributed by atoms with Crippen LogP contribution < -0.4 is 5.32 Å². The van der Waals surface area contributed by atoms with E-state index in [-0.39, 0.29) is 24.2 Å². The Morgan fingerprint density at radius 3 is 2.48 bits per heavy atom. The van der Waals surface area contributed by atoms with Gasteiger partial charge in [-0.15, -0.1) is 0 Å². The lowest BCUT2D eigenvalue weighted by Gasteiger charge is -2.11. The van der Waals surface area contributed by atoms with Crippen molar-refractivity contribution in [1.82, 2.24) is 9.55 Å². The lowest BCUT2D eigenvalue weighted by atomic mass is 10.1. The number of rotatable bonds is 7. The maximum absolute atomic E-state index is 12.3. The summed E-state index contributed by atoms with van der Waals surface area (Å²) in [6.45, 7) is 2.02. The molecule has 3 aromatic rings. The number of hydrogen-bond acceptors (Lipinski definition) is 5. The Kier molecular flexibility index (Phi) is 6.95. The van der Waals surface area contributed by atoms with Gasteiger partial charge >= 0.3 is 5.97 Å². The third kappa shape index (κ3) is 5.62. The highest BCUT2D eigenvalue weighted by molar-refractivity contribution is 7.99. The van der Waals surface area contributed by atoms with Gasteiger partial charge in [0, 0.05) is 10.7 Å². The number of amides is 1. The van der Waals surface area contributed by atoms with Gasteiger partial charge in [-0.25, -0.2) is 4.98 Å². The SMILES string of the molecule is COC(=O)Cn1c(-c2ccc(C)cc2)cnc1SCC(=O)Nc1ccc(Cl)cc1. The topological polar surface area (TPSA) is 73.2 Å². The van der Waals surface area contributed by atoms with Gasteiger partial charge in [-0.2, -0.15) is 0 Å². The van der Waals surface area contributed by atoms with Gasteiger partial charge in [-0.3, -0.25) is 9.59 Å². The van der Waals surface area contributed by atoms with E-state index >= 15 is 0 Å². The van der Waals surface area contributed by atoms with Gasteiger partial charge < -0.3 is 14.6 Å². The number of halogens is 1. The highest BCUT2D eigenvalue weighted by Crippen LogP contribution is 2.27. The lowest BCUT2D eigenvalue weighted by Crippen LogP contribution is -2.16. The van der Waals surface area contributed by atoms with Gasteiger partial charge in [0.1, 0.15) is 6.54 Å². The molecule has 29 heavy (non-hydrogen) atoms. The van der Waals surface area contributed by atoms with Crippen molar-refractivity contribution in [3.63, 3.8) is 0 Å². The van der Waals surface area contributed by atoms with E-state index in [2.05, 4.69) is 10.3 Å². The van der Waals surface area contributed by atoms with Crippen LogP contribution in [-0.4, -0.2) is 34.3 Å². The number of nitrogens with zero attached hydrogens (tertiary/aromatic N) is 2. The molecule has 0 aliphatic heterocycles. The molecule has 0 aliphatic rings. The van der Waals surface area contributed by atoms with Crippen LogP contribution >= 0.6 is 23.4 Å². The van der Waals surface area contributed by atoms with Gasteiger partial charge in [0.2, 0.25) is 5.91 Å². The minimum Gasteiger partial charge on any atom is -0.468 e. The van der Waals surface area contributed by atoms with Crippen molar-refractivity contribution in [1.29, 1.82) is 0 Å². The number of ether oxygens (including phenoxy) is 1. The molecule has 0 unspecified atom stereocenters. The van der Waals surface area contributed by atoms with Crippen LogP contribution in [0.25, 0.3) is 11.3 Å². The Hall–Kier alpha value is -2.77. The van der Waals surface area contributed by atoms with E-state index < -0.39 is 0 Å². The largest absolute Gasteiger partial charge is 0.468 e. The fraction of sp³-hybridized carbons (Fsp3) is 0.190. The van der Waals surface area contributed by atoms with Crippen LogP contribution in [-0.2, 0) is 20.9 Å². The number of aromatic nitrogens is 2. The van der Waals surface area contributed by atoms with Crippen LogP contribution in [0.15, 0.2) is 59.9 Å². The Morgan fingerprint density at radius 1 is 1.14 bits per heavy atom. The second-order valence-electron chi connectivity index (χ2n) is 6.30. The normalized spacial score (nSPS) is 10.6. The highest BCUT2D eigenvalue weighted by Gasteiger charge is 2.17. The van der Waals surface area contributed by atoms with E-state index in [0.29, 0.717) is 15.9 Å². The lowest BCUT2D eigenvalue weighted by molar-refractivity contribution is -0.141. The number of thioether (sulfide) groups is 1. The molecule has 150 valence electrons. The Labute approximate surface area is 178 Å². The van der Waals surface area contributed by atoms with Gasteiger partial charge in [0.15, 0.2) is 5.16 Å². The molecular weight excluding hydrogens is 410 g/mol. The Morgan fingerprint density at radius 2 is 1.83 bits per heavy atom. The molecule has 6 nitrogen and oxygen atoms in total. The number of esters is 1. The predicted octanol–water partition coefficient (Wildman–Crippen LogP) is 4.42. The first kappa shape index (κ1) is 21.0. The summed E-state index contributed by atoms with van der Waals surface area (Å²) in [4.78, 5) is 28.6. The second-order valence-corrected chi connectivity index (χ2v) is 7.68. The first-order chi connectivity index (χ1) is 14.0. The van der Waals surface area contributed by atoms with Gasteiger partial charge in [-0.1, -0.05) is 53.2 Å². The number of carbonyl (C=O) groups excluding carboxylic acids is 2. The molecule has 2 aromatic carbocycles. The smallest absolute Gasteiger partial charge is 0.325 e. The zero-order valence-corrected chi connectivity index (χ0v) is 17.6. The molecule has 0 radical (unpaired) electrons. The minimum atomic E-state index is -0.385. The first-order valence-electron chi connectivity index (χ1n) is 8.84. The third-order valence-electron chi connectivity index (χ3n) is 4.14. The zero-order chi connectivity index (χ0) is 20.8. The summed E-state index contributed by atoms with van der Waals surface area (Å²) in [5.74, 6) is -0.417. The molecular formula is C21H20ClN3O3S. The summed E-state index contributed by atoms with van der Waals surface area (Å²) < 4.78 is 6.58. The summed E-state index contributed by atoms with van der Waals surface area (Å²) in [5, 5.41) is 3.98. The molecule has 1 N–H and O–H groups in total. The fourth-order valence-electron chi connectivity index (χ4n) is 2.64. The van der Waals surface area contributed by atoms with Gasteiger partial charge in [0.05, 0.1) is 24.8 Å². The molecule has 1 heterocycles. The summed E-state index contributed by atoms with van der Waals surface area (Å²) in [6, 6.07) is 14.8. The fourth-order valence-corrected chi connectivity index (χ4v) is 3.54. The van der Waals surface area contributed by atoms with Crippen LogP contribution in [0.1, 0.15) is 5.56 Å². The number of anilines is 1. The number of methoxy groups -OCH3 is 1. The highest BCUT2D eigenvalue weighted by atomic mass is 35.5. The third-order valence-corrected chi connectivity index (χ3v) is 5.38. The molecule has 0 spiro atoms. The van der Waals surface area contributed by atoms with E-state index in [4.69, 9.17) is 16.3 Å². The minimum absolute atomic E-state index is 0.0147. The van der Waals surface area contributed by atoms with Crippen LogP contribution in [0, 0.1) is 6.92 Å². The van der Waals surface area contributed by atoms with Crippen molar-refractivity contribution in [3.05, 3.63) is 65.3 Å². The maximum Gasteiger partial charge on any atom is 0.325 e. The monoisotopic (exact) mass is 429 g/mol. The van der Waals surface area contributed by atoms with Crippen LogP contribution in [0.3, 0.4) is 0 Å². The first-order valence-corrected chi connectivity index (χ1v) is 10.2. The quantitative estimate of drug-likeness (QED) is 0.444. The summed E-state index contributed by atoms with van der Waals surface area (Å²) >= 11 is 7.11. The molecule has 3 rings (SSSR count). The molecule has 0 saturated carbocycles. The average molecular weight is 430 g/mol. The van der Waals surface area contributed by atoms with E-state index in [1.807, 2.05) is 31.2 Å². The molecule has 1 amide bonds. The number of hydrogen-bond donors (Lipinski definition) is 1. The number of benzene rings is 2. The van der Waals surface area contributed by atoms with Crippen molar-refractivity contribution in [3.8, 4) is 11.3 Å². The number of nitrogens with one attached hydrogen (secondary N) is 1. The summed E-state index contributed by atoms with van der Waals surface area (Å²) in [7, 11) is 1.34. The average Bonchev–Trinajstić information content (AvgIpc) is 3.11. The Bertz CT molecular complexity index is 1000. The molecule has 0 atom stereocenters. The molecule has 8 heteroatoms.